The molecule has 2 heterocycles. The summed E-state index contributed by atoms with van der Waals surface area (Å²) in [5.41, 5.74) is 6.73. The summed E-state index contributed by atoms with van der Waals surface area (Å²) in [6.45, 7) is 0. The van der Waals surface area contributed by atoms with Gasteiger partial charge in [-0.1, -0.05) is 119 Å². The van der Waals surface area contributed by atoms with Crippen LogP contribution in [0, 0.1) is 0 Å². The lowest BCUT2D eigenvalue weighted by Crippen LogP contribution is -2.40. The van der Waals surface area contributed by atoms with Gasteiger partial charge in [-0.05, 0) is 121 Å². The topological polar surface area (TPSA) is 81.2 Å². The molecule has 0 spiro atoms. The largest absolute Gasteiger partial charge is 0.311 e. The number of rotatable bonds is 8. The summed E-state index contributed by atoms with van der Waals surface area (Å²) < 4.78 is 0. The monoisotopic (exact) mass is 1010 g/mol. The van der Waals surface area contributed by atoms with Crippen molar-refractivity contribution in [2.24, 2.45) is 0 Å². The normalized spacial score (nSPS) is 13.3. The molecule has 0 saturated carbocycles. The maximum Gasteiger partial charge on any atom is 0.266 e. The Morgan fingerprint density at radius 2 is 0.486 bits per heavy atom. The molecule has 8 nitrogen and oxygen atoms in total. The van der Waals surface area contributed by atoms with Gasteiger partial charge in [-0.2, -0.15) is 0 Å². The summed E-state index contributed by atoms with van der Waals surface area (Å²) in [6, 6.07) is 60.1. The number of fused-ring (bicyclic) bond motifs is 2. The zero-order chi connectivity index (χ0) is 49.1. The van der Waals surface area contributed by atoms with E-state index < -0.39 is 23.6 Å². The lowest BCUT2D eigenvalue weighted by Gasteiger charge is -2.32. The molecule has 0 bridgehead atoms. The molecule has 0 atom stereocenters. The average molecular weight is 1010 g/mol. The molecular formula is C60H32Cl4N4O4. The number of nitrogens with zero attached hydrogens (tertiary/aromatic N) is 4. The molecule has 0 unspecified atom stereocenters. The van der Waals surface area contributed by atoms with Gasteiger partial charge in [-0.15, -0.1) is 0 Å². The molecule has 0 saturated heterocycles. The molecule has 2 aliphatic heterocycles. The van der Waals surface area contributed by atoms with Crippen LogP contribution in [-0.2, 0) is 0 Å². The number of halogens is 4. The highest BCUT2D eigenvalue weighted by Crippen LogP contribution is 2.54. The van der Waals surface area contributed by atoms with Crippen molar-refractivity contribution in [1.29, 1.82) is 0 Å². The number of imide groups is 2. The highest BCUT2D eigenvalue weighted by atomic mass is 35.5. The van der Waals surface area contributed by atoms with Gasteiger partial charge in [-0.25, -0.2) is 9.80 Å². The third-order valence-electron chi connectivity index (χ3n) is 13.6. The number of anilines is 8. The molecule has 11 aromatic carbocycles. The smallest absolute Gasteiger partial charge is 0.266 e. The standard InChI is InChI=1S/C60H32Cl4N4O4/c61-45-29-41-49-42(58(70)67(57(41)69)39-25-21-37(22-26-39)65(33-13-5-1-6-14-33)34-15-7-2-8-16-34)30-46(62)52-54-48(64)32-44-50-43(31-47(63)53(56(50)54)51(45)55(49)52)59(71)68(60(44)72)40-27-23-38(24-28-40)66(35-17-9-3-10-18-35)36-19-11-4-12-20-36/h1-32H. The minimum Gasteiger partial charge on any atom is -0.311 e. The summed E-state index contributed by atoms with van der Waals surface area (Å²) >= 11 is 29.2. The van der Waals surface area contributed by atoms with Crippen molar-refractivity contribution >= 4 is 159 Å². The Morgan fingerprint density at radius 3 is 0.722 bits per heavy atom. The minimum atomic E-state index is -0.588. The number of amides is 4. The van der Waals surface area contributed by atoms with Crippen LogP contribution in [0.25, 0.3) is 43.1 Å². The first-order chi connectivity index (χ1) is 35.1. The number of hydrogen-bond acceptors (Lipinski definition) is 6. The average Bonchev–Trinajstić information content (AvgIpc) is 3.40. The molecule has 0 aromatic heterocycles. The van der Waals surface area contributed by atoms with Gasteiger partial charge in [0.25, 0.3) is 23.6 Å². The van der Waals surface area contributed by atoms with Crippen molar-refractivity contribution < 1.29 is 19.2 Å². The number of benzene rings is 11. The van der Waals surface area contributed by atoms with Crippen molar-refractivity contribution in [2.75, 3.05) is 19.6 Å². The number of para-hydroxylation sites is 4. The molecule has 0 fully saturated rings. The van der Waals surface area contributed by atoms with Gasteiger partial charge in [0, 0.05) is 97.3 Å². The maximum atomic E-state index is 14.8. The fourth-order valence-corrected chi connectivity index (χ4v) is 11.8. The minimum absolute atomic E-state index is 0.144. The lowest BCUT2D eigenvalue weighted by molar-refractivity contribution is 0.0877. The van der Waals surface area contributed by atoms with Crippen molar-refractivity contribution in [3.63, 3.8) is 0 Å². The van der Waals surface area contributed by atoms with Crippen LogP contribution in [0.1, 0.15) is 41.4 Å². The second-order valence-corrected chi connectivity index (χ2v) is 19.2. The van der Waals surface area contributed by atoms with Crippen LogP contribution in [0.2, 0.25) is 20.1 Å². The zero-order valence-corrected chi connectivity index (χ0v) is 40.4. The lowest BCUT2D eigenvalue weighted by atomic mass is 9.82. The molecule has 72 heavy (non-hydrogen) atoms. The molecule has 0 aliphatic carbocycles. The molecule has 12 heteroatoms. The van der Waals surface area contributed by atoms with Crippen molar-refractivity contribution in [2.45, 2.75) is 0 Å². The highest BCUT2D eigenvalue weighted by Gasteiger charge is 2.40. The first-order valence-corrected chi connectivity index (χ1v) is 24.4. The van der Waals surface area contributed by atoms with Crippen molar-refractivity contribution in [3.05, 3.63) is 236 Å². The Balaban J connectivity index is 0.924. The molecular weight excluding hydrogens is 982 g/mol. The Morgan fingerprint density at radius 1 is 0.264 bits per heavy atom. The van der Waals surface area contributed by atoms with Crippen LogP contribution < -0.4 is 19.6 Å². The van der Waals surface area contributed by atoms with Crippen LogP contribution in [0.15, 0.2) is 194 Å². The second-order valence-electron chi connectivity index (χ2n) is 17.6. The first kappa shape index (κ1) is 43.8. The SMILES string of the molecule is O=C1c2cc(Cl)c3c4c(Cl)cc5c6c(cc(Cl)c(c7c(Cl)cc(c2c37)C(=O)N1c1ccc(N(c2ccccc2)c2ccccc2)cc1)c64)C(=O)N(c1ccc(N(c2ccccc2)c2ccccc2)cc1)C5=O. The second kappa shape index (κ2) is 16.7. The molecule has 13 rings (SSSR count). The van der Waals surface area contributed by atoms with E-state index >= 15 is 0 Å². The molecule has 0 radical (unpaired) electrons. The van der Waals surface area contributed by atoms with E-state index in [9.17, 15) is 19.2 Å². The fraction of sp³-hybridized carbons (Fsp3) is 0. The zero-order valence-electron chi connectivity index (χ0n) is 37.4. The number of hydrogen-bond donors (Lipinski definition) is 0. The summed E-state index contributed by atoms with van der Waals surface area (Å²) in [5, 5.41) is 3.65. The fourth-order valence-electron chi connectivity index (χ4n) is 10.6. The summed E-state index contributed by atoms with van der Waals surface area (Å²) in [6.07, 6.45) is 0. The maximum absolute atomic E-state index is 14.8. The van der Waals surface area contributed by atoms with Crippen LogP contribution in [0.5, 0.6) is 0 Å². The van der Waals surface area contributed by atoms with Crippen LogP contribution in [-0.4, -0.2) is 23.6 Å². The van der Waals surface area contributed by atoms with E-state index in [0.29, 0.717) is 54.5 Å². The van der Waals surface area contributed by atoms with E-state index in [4.69, 9.17) is 46.4 Å². The summed E-state index contributed by atoms with van der Waals surface area (Å²) in [4.78, 5) is 65.7. The van der Waals surface area contributed by atoms with Crippen LogP contribution >= 0.6 is 46.4 Å². The Hall–Kier alpha value is -8.24. The van der Waals surface area contributed by atoms with Gasteiger partial charge in [0.05, 0.1) is 33.6 Å². The molecule has 4 amide bonds. The Kier molecular flexibility index (Phi) is 10.1. The van der Waals surface area contributed by atoms with Gasteiger partial charge in [0.1, 0.15) is 0 Å². The quantitative estimate of drug-likeness (QED) is 0.0857. The van der Waals surface area contributed by atoms with Gasteiger partial charge >= 0.3 is 0 Å². The van der Waals surface area contributed by atoms with Crippen LogP contribution in [0.4, 0.5) is 45.5 Å². The molecule has 2 aliphatic rings. The van der Waals surface area contributed by atoms with Gasteiger partial charge in [-0.3, -0.25) is 19.2 Å². The summed E-state index contributed by atoms with van der Waals surface area (Å²) in [7, 11) is 0. The van der Waals surface area contributed by atoms with Crippen LogP contribution in [0.3, 0.4) is 0 Å². The highest BCUT2D eigenvalue weighted by molar-refractivity contribution is 6.57. The van der Waals surface area contributed by atoms with Crippen molar-refractivity contribution in [1.82, 2.24) is 0 Å². The Labute approximate surface area is 431 Å². The van der Waals surface area contributed by atoms with Gasteiger partial charge < -0.3 is 9.80 Å². The first-order valence-electron chi connectivity index (χ1n) is 22.9. The van der Waals surface area contributed by atoms with E-state index in [1.165, 1.54) is 0 Å². The summed E-state index contributed by atoms with van der Waals surface area (Å²) in [5.74, 6) is -2.35. The predicted octanol–water partition coefficient (Wildman–Crippen LogP) is 16.9. The van der Waals surface area contributed by atoms with Gasteiger partial charge in [0.15, 0.2) is 0 Å². The van der Waals surface area contributed by atoms with E-state index in [0.717, 1.165) is 43.9 Å². The Bertz CT molecular complexity index is 3630. The molecule has 11 aromatic rings. The molecule has 344 valence electrons. The van der Waals surface area contributed by atoms with Gasteiger partial charge in [0.2, 0.25) is 0 Å². The predicted molar refractivity (Wildman–Crippen MR) is 292 cm³/mol. The molecule has 0 N–H and O–H groups in total. The van der Waals surface area contributed by atoms with E-state index in [1.54, 1.807) is 48.5 Å². The van der Waals surface area contributed by atoms with E-state index in [-0.39, 0.29) is 42.3 Å². The van der Waals surface area contributed by atoms with E-state index in [2.05, 4.69) is 9.80 Å². The third-order valence-corrected chi connectivity index (χ3v) is 14.8. The van der Waals surface area contributed by atoms with Crippen molar-refractivity contribution in [3.8, 4) is 0 Å². The third kappa shape index (κ3) is 6.47. The number of carbonyl (C=O) groups excluding carboxylic acids is 4. The van der Waals surface area contributed by atoms with E-state index in [1.807, 2.05) is 146 Å². The number of carbonyl (C=O) groups is 4.